The Balaban J connectivity index is 1.75. The Hall–Kier alpha value is -1.35. The molecule has 2 atom stereocenters. The smallest absolute Gasteiger partial charge is 0.0451 e. The molecule has 1 aliphatic heterocycles. The van der Waals surface area contributed by atoms with Gasteiger partial charge in [0.1, 0.15) is 0 Å². The van der Waals surface area contributed by atoms with Gasteiger partial charge in [-0.2, -0.15) is 0 Å². The van der Waals surface area contributed by atoms with Gasteiger partial charge < -0.3 is 5.73 Å². The maximum atomic E-state index is 6.31. The first-order valence-corrected chi connectivity index (χ1v) is 8.27. The summed E-state index contributed by atoms with van der Waals surface area (Å²) >= 11 is 6.30. The van der Waals surface area contributed by atoms with E-state index in [9.17, 15) is 0 Å². The fourth-order valence-corrected chi connectivity index (χ4v) is 3.59. The number of hydrogen-bond donors (Lipinski definition) is 1. The molecule has 116 valence electrons. The quantitative estimate of drug-likeness (QED) is 0.929. The van der Waals surface area contributed by atoms with Crippen molar-refractivity contribution in [3.63, 3.8) is 0 Å². The zero-order chi connectivity index (χ0) is 15.5. The van der Waals surface area contributed by atoms with E-state index in [2.05, 4.69) is 42.2 Å². The Morgan fingerprint density at radius 2 is 1.95 bits per heavy atom. The zero-order valence-electron chi connectivity index (χ0n) is 13.0. The maximum Gasteiger partial charge on any atom is 0.0451 e. The molecule has 2 aromatic rings. The van der Waals surface area contributed by atoms with Crippen LogP contribution in [-0.4, -0.2) is 24.0 Å². The van der Waals surface area contributed by atoms with Crippen LogP contribution in [0.2, 0.25) is 5.02 Å². The van der Waals surface area contributed by atoms with Gasteiger partial charge >= 0.3 is 0 Å². The normalized spacial score (nSPS) is 22.7. The van der Waals surface area contributed by atoms with Gasteiger partial charge in [0.05, 0.1) is 0 Å². The molecule has 1 saturated heterocycles. The van der Waals surface area contributed by atoms with Crippen LogP contribution in [0.3, 0.4) is 0 Å². The number of nitrogens with zero attached hydrogens (tertiary/aromatic N) is 1. The van der Waals surface area contributed by atoms with Gasteiger partial charge in [-0.1, -0.05) is 59.6 Å². The molecule has 0 saturated carbocycles. The van der Waals surface area contributed by atoms with Crippen molar-refractivity contribution in [2.75, 3.05) is 13.1 Å². The first-order chi connectivity index (χ1) is 10.6. The van der Waals surface area contributed by atoms with Gasteiger partial charge in [0, 0.05) is 30.7 Å². The van der Waals surface area contributed by atoms with Gasteiger partial charge in [-0.25, -0.2) is 0 Å². The molecule has 0 amide bonds. The van der Waals surface area contributed by atoms with E-state index in [1.165, 1.54) is 16.7 Å². The molecule has 1 fully saturated rings. The second-order valence-corrected chi connectivity index (χ2v) is 6.80. The third-order valence-electron chi connectivity index (χ3n) is 4.42. The highest BCUT2D eigenvalue weighted by Gasteiger charge is 2.26. The molecular weight excluding hydrogens is 292 g/mol. The number of benzene rings is 2. The molecule has 3 rings (SSSR count). The molecule has 2 unspecified atom stereocenters. The van der Waals surface area contributed by atoms with Crippen molar-refractivity contribution in [3.05, 3.63) is 70.2 Å². The molecule has 3 heteroatoms. The van der Waals surface area contributed by atoms with E-state index in [4.69, 9.17) is 17.3 Å². The van der Waals surface area contributed by atoms with Crippen LogP contribution >= 0.6 is 11.6 Å². The zero-order valence-corrected chi connectivity index (χ0v) is 13.8. The lowest BCUT2D eigenvalue weighted by molar-refractivity contribution is 0.181. The first kappa shape index (κ1) is 15.5. The molecule has 2 nitrogen and oxygen atoms in total. The van der Waals surface area contributed by atoms with Crippen LogP contribution in [0.5, 0.6) is 0 Å². The van der Waals surface area contributed by atoms with E-state index in [-0.39, 0.29) is 6.04 Å². The van der Waals surface area contributed by atoms with E-state index in [0.29, 0.717) is 5.92 Å². The summed E-state index contributed by atoms with van der Waals surface area (Å²) in [5, 5.41) is 0.841. The Morgan fingerprint density at radius 1 is 1.14 bits per heavy atom. The number of rotatable bonds is 3. The van der Waals surface area contributed by atoms with E-state index in [1.54, 1.807) is 0 Å². The summed E-state index contributed by atoms with van der Waals surface area (Å²) in [6.45, 7) is 5.00. The van der Waals surface area contributed by atoms with E-state index < -0.39 is 0 Å². The Morgan fingerprint density at radius 3 is 2.73 bits per heavy atom. The third-order valence-corrected chi connectivity index (χ3v) is 4.79. The summed E-state index contributed by atoms with van der Waals surface area (Å²) in [5.41, 5.74) is 10.2. The van der Waals surface area contributed by atoms with Crippen LogP contribution in [0, 0.1) is 6.92 Å². The minimum absolute atomic E-state index is 0.224. The fraction of sp³-hybridized carbons (Fsp3) is 0.368. The highest BCUT2D eigenvalue weighted by Crippen LogP contribution is 2.28. The Kier molecular flexibility index (Phi) is 4.82. The molecule has 0 aliphatic carbocycles. The van der Waals surface area contributed by atoms with Gasteiger partial charge in [-0.05, 0) is 36.5 Å². The maximum absolute atomic E-state index is 6.31. The Labute approximate surface area is 137 Å². The summed E-state index contributed by atoms with van der Waals surface area (Å²) in [5.74, 6) is 0.506. The SMILES string of the molecule is Cc1cccc(C2CC(N)CN(Cc3ccccc3Cl)C2)c1. The van der Waals surface area contributed by atoms with E-state index >= 15 is 0 Å². The Bertz CT molecular complexity index is 641. The average Bonchev–Trinajstić information content (AvgIpc) is 2.49. The van der Waals surface area contributed by atoms with Crippen molar-refractivity contribution in [1.29, 1.82) is 0 Å². The summed E-state index contributed by atoms with van der Waals surface area (Å²) in [7, 11) is 0. The first-order valence-electron chi connectivity index (χ1n) is 7.89. The van der Waals surface area contributed by atoms with Crippen molar-refractivity contribution < 1.29 is 0 Å². The molecule has 0 bridgehead atoms. The highest BCUT2D eigenvalue weighted by molar-refractivity contribution is 6.31. The van der Waals surface area contributed by atoms with Gasteiger partial charge in [0.2, 0.25) is 0 Å². The molecule has 0 radical (unpaired) electrons. The molecule has 1 aliphatic rings. The molecule has 2 N–H and O–H groups in total. The third kappa shape index (κ3) is 3.70. The molecule has 1 heterocycles. The molecular formula is C19H23ClN2. The average molecular weight is 315 g/mol. The lowest BCUT2D eigenvalue weighted by atomic mass is 9.87. The monoisotopic (exact) mass is 314 g/mol. The fourth-order valence-electron chi connectivity index (χ4n) is 3.39. The highest BCUT2D eigenvalue weighted by atomic mass is 35.5. The summed E-state index contributed by atoms with van der Waals surface area (Å²) in [6, 6.07) is 17.1. The van der Waals surface area contributed by atoms with Crippen molar-refractivity contribution in [1.82, 2.24) is 4.90 Å². The minimum atomic E-state index is 0.224. The number of likely N-dealkylation sites (tertiary alicyclic amines) is 1. The van der Waals surface area contributed by atoms with Crippen LogP contribution < -0.4 is 5.73 Å². The predicted octanol–water partition coefficient (Wildman–Crippen LogP) is 3.97. The predicted molar refractivity (Wildman–Crippen MR) is 93.2 cm³/mol. The topological polar surface area (TPSA) is 29.3 Å². The standard InChI is InChI=1S/C19H23ClN2/c1-14-5-4-7-15(9-14)17-10-18(21)13-22(12-17)11-16-6-2-3-8-19(16)20/h2-9,17-18H,10-13,21H2,1H3. The summed E-state index contributed by atoms with van der Waals surface area (Å²) < 4.78 is 0. The van der Waals surface area contributed by atoms with Gasteiger partial charge in [-0.3, -0.25) is 4.90 Å². The summed E-state index contributed by atoms with van der Waals surface area (Å²) in [6.07, 6.45) is 1.06. The number of hydrogen-bond acceptors (Lipinski definition) is 2. The second kappa shape index (κ2) is 6.82. The number of piperidine rings is 1. The second-order valence-electron chi connectivity index (χ2n) is 6.39. The molecule has 0 aromatic heterocycles. The van der Waals surface area contributed by atoms with E-state index in [1.807, 2.05) is 18.2 Å². The molecule has 22 heavy (non-hydrogen) atoms. The number of halogens is 1. The lowest BCUT2D eigenvalue weighted by Crippen LogP contribution is -2.45. The van der Waals surface area contributed by atoms with Crippen molar-refractivity contribution in [2.24, 2.45) is 5.73 Å². The van der Waals surface area contributed by atoms with Gasteiger partial charge in [0.25, 0.3) is 0 Å². The van der Waals surface area contributed by atoms with Crippen molar-refractivity contribution in [2.45, 2.75) is 31.8 Å². The number of aryl methyl sites for hydroxylation is 1. The largest absolute Gasteiger partial charge is 0.327 e. The van der Waals surface area contributed by atoms with Crippen LogP contribution in [0.15, 0.2) is 48.5 Å². The van der Waals surface area contributed by atoms with Crippen LogP contribution in [0.25, 0.3) is 0 Å². The van der Waals surface area contributed by atoms with Crippen LogP contribution in [-0.2, 0) is 6.54 Å². The van der Waals surface area contributed by atoms with Crippen molar-refractivity contribution >= 4 is 11.6 Å². The van der Waals surface area contributed by atoms with Gasteiger partial charge in [0.15, 0.2) is 0 Å². The minimum Gasteiger partial charge on any atom is -0.327 e. The number of nitrogens with two attached hydrogens (primary N) is 1. The van der Waals surface area contributed by atoms with E-state index in [0.717, 1.165) is 31.1 Å². The van der Waals surface area contributed by atoms with Crippen molar-refractivity contribution in [3.8, 4) is 0 Å². The van der Waals surface area contributed by atoms with Gasteiger partial charge in [-0.15, -0.1) is 0 Å². The summed E-state index contributed by atoms with van der Waals surface area (Å²) in [4.78, 5) is 2.43. The van der Waals surface area contributed by atoms with Crippen LogP contribution in [0.4, 0.5) is 0 Å². The lowest BCUT2D eigenvalue weighted by Gasteiger charge is -2.36. The van der Waals surface area contributed by atoms with Crippen LogP contribution in [0.1, 0.15) is 29.0 Å². The molecule has 2 aromatic carbocycles. The molecule has 0 spiro atoms.